The molecule has 0 aliphatic rings. The molecular formula is C15H13BrF2O2. The third-order valence-corrected chi connectivity index (χ3v) is 3.33. The van der Waals surface area contributed by atoms with E-state index in [1.165, 1.54) is 18.2 Å². The number of ether oxygens (including phenoxy) is 1. The van der Waals surface area contributed by atoms with Gasteiger partial charge in [0.2, 0.25) is 0 Å². The van der Waals surface area contributed by atoms with E-state index < -0.39 is 11.6 Å². The molecule has 0 saturated carbocycles. The molecular weight excluding hydrogens is 330 g/mol. The smallest absolute Gasteiger partial charge is 0.132 e. The summed E-state index contributed by atoms with van der Waals surface area (Å²) in [5.41, 5.74) is 0.670. The monoisotopic (exact) mass is 342 g/mol. The van der Waals surface area contributed by atoms with Crippen LogP contribution >= 0.6 is 15.9 Å². The van der Waals surface area contributed by atoms with Gasteiger partial charge in [-0.2, -0.15) is 0 Å². The third kappa shape index (κ3) is 3.55. The standard InChI is InChI=1S/C15H13BrF2O2/c16-11-4-5-15(10(8-11)6-7-19)20-9-12-13(17)2-1-3-14(12)18/h1-5,8,19H,6-7,9H2. The van der Waals surface area contributed by atoms with Crippen LogP contribution in [0.3, 0.4) is 0 Å². The molecule has 0 aliphatic carbocycles. The summed E-state index contributed by atoms with van der Waals surface area (Å²) < 4.78 is 33.3. The Kier molecular flexibility index (Phi) is 5.09. The lowest BCUT2D eigenvalue weighted by Gasteiger charge is -2.12. The van der Waals surface area contributed by atoms with Crippen LogP contribution in [-0.4, -0.2) is 11.7 Å². The SMILES string of the molecule is OCCc1cc(Br)ccc1OCc1c(F)cccc1F. The summed E-state index contributed by atoms with van der Waals surface area (Å²) in [6, 6.07) is 8.98. The topological polar surface area (TPSA) is 29.5 Å². The molecule has 0 atom stereocenters. The first kappa shape index (κ1) is 14.9. The fraction of sp³-hybridized carbons (Fsp3) is 0.200. The van der Waals surface area contributed by atoms with Crippen molar-refractivity contribution < 1.29 is 18.6 Å². The van der Waals surface area contributed by atoms with Crippen molar-refractivity contribution in [1.82, 2.24) is 0 Å². The Morgan fingerprint density at radius 3 is 2.45 bits per heavy atom. The first-order valence-electron chi connectivity index (χ1n) is 6.07. The first-order chi connectivity index (χ1) is 9.61. The molecule has 0 unspecified atom stereocenters. The summed E-state index contributed by atoms with van der Waals surface area (Å²) in [4.78, 5) is 0. The Hall–Kier alpha value is -1.46. The number of aliphatic hydroxyl groups is 1. The molecule has 106 valence electrons. The molecule has 2 aromatic rings. The molecule has 0 heterocycles. The van der Waals surface area contributed by atoms with E-state index in [0.717, 1.165) is 10.0 Å². The summed E-state index contributed by atoms with van der Waals surface area (Å²) in [5, 5.41) is 9.02. The molecule has 2 aromatic carbocycles. The van der Waals surface area contributed by atoms with Gasteiger partial charge in [0, 0.05) is 11.1 Å². The van der Waals surface area contributed by atoms with Gasteiger partial charge in [-0.1, -0.05) is 22.0 Å². The molecule has 0 amide bonds. The summed E-state index contributed by atoms with van der Waals surface area (Å²) in [6.07, 6.45) is 0.411. The molecule has 0 bridgehead atoms. The van der Waals surface area contributed by atoms with Crippen LogP contribution in [0.5, 0.6) is 5.75 Å². The predicted octanol–water partition coefficient (Wildman–Crippen LogP) is 3.84. The van der Waals surface area contributed by atoms with E-state index in [0.29, 0.717) is 12.2 Å². The van der Waals surface area contributed by atoms with Crippen LogP contribution in [0.1, 0.15) is 11.1 Å². The van der Waals surface area contributed by atoms with Crippen LogP contribution < -0.4 is 4.74 Å². The lowest BCUT2D eigenvalue weighted by atomic mass is 10.1. The van der Waals surface area contributed by atoms with Gasteiger partial charge in [-0.25, -0.2) is 8.78 Å². The number of hydrogen-bond donors (Lipinski definition) is 1. The largest absolute Gasteiger partial charge is 0.488 e. The Balaban J connectivity index is 2.18. The number of halogens is 3. The number of hydrogen-bond acceptors (Lipinski definition) is 2. The van der Waals surface area contributed by atoms with Gasteiger partial charge in [-0.3, -0.25) is 0 Å². The molecule has 2 nitrogen and oxygen atoms in total. The van der Waals surface area contributed by atoms with Gasteiger partial charge in [0.15, 0.2) is 0 Å². The number of aliphatic hydroxyl groups excluding tert-OH is 1. The molecule has 0 saturated heterocycles. The molecule has 0 aliphatic heterocycles. The minimum atomic E-state index is -0.634. The average Bonchev–Trinajstić information content (AvgIpc) is 2.40. The molecule has 0 aromatic heterocycles. The van der Waals surface area contributed by atoms with Gasteiger partial charge in [0.1, 0.15) is 24.0 Å². The van der Waals surface area contributed by atoms with Crippen LogP contribution in [0, 0.1) is 11.6 Å². The maximum absolute atomic E-state index is 13.5. The van der Waals surface area contributed by atoms with Crippen LogP contribution in [0.25, 0.3) is 0 Å². The van der Waals surface area contributed by atoms with Gasteiger partial charge < -0.3 is 9.84 Å². The second-order valence-electron chi connectivity index (χ2n) is 4.21. The van der Waals surface area contributed by atoms with Gasteiger partial charge in [-0.05, 0) is 42.3 Å². The van der Waals surface area contributed by atoms with Crippen molar-refractivity contribution in [3.8, 4) is 5.75 Å². The highest BCUT2D eigenvalue weighted by molar-refractivity contribution is 9.10. The maximum Gasteiger partial charge on any atom is 0.132 e. The van der Waals surface area contributed by atoms with E-state index in [2.05, 4.69) is 15.9 Å². The molecule has 2 rings (SSSR count). The second-order valence-corrected chi connectivity index (χ2v) is 5.13. The fourth-order valence-electron chi connectivity index (χ4n) is 1.82. The molecule has 1 N–H and O–H groups in total. The normalized spacial score (nSPS) is 10.6. The van der Waals surface area contributed by atoms with E-state index >= 15 is 0 Å². The highest BCUT2D eigenvalue weighted by atomic mass is 79.9. The Morgan fingerprint density at radius 2 is 1.80 bits per heavy atom. The van der Waals surface area contributed by atoms with Gasteiger partial charge in [0.05, 0.1) is 5.56 Å². The van der Waals surface area contributed by atoms with Crippen molar-refractivity contribution in [3.63, 3.8) is 0 Å². The first-order valence-corrected chi connectivity index (χ1v) is 6.86. The fourth-order valence-corrected chi connectivity index (χ4v) is 2.23. The molecule has 20 heavy (non-hydrogen) atoms. The molecule has 0 fully saturated rings. The average molecular weight is 343 g/mol. The third-order valence-electron chi connectivity index (χ3n) is 2.84. The van der Waals surface area contributed by atoms with Crippen molar-refractivity contribution in [1.29, 1.82) is 0 Å². The quantitative estimate of drug-likeness (QED) is 0.894. The van der Waals surface area contributed by atoms with Gasteiger partial charge >= 0.3 is 0 Å². The second kappa shape index (κ2) is 6.81. The van der Waals surface area contributed by atoms with Crippen molar-refractivity contribution in [2.24, 2.45) is 0 Å². The Labute approximate surface area is 124 Å². The van der Waals surface area contributed by atoms with Crippen LogP contribution in [0.4, 0.5) is 8.78 Å². The van der Waals surface area contributed by atoms with E-state index in [1.807, 2.05) is 6.07 Å². The predicted molar refractivity (Wildman–Crippen MR) is 75.6 cm³/mol. The number of rotatable bonds is 5. The summed E-state index contributed by atoms with van der Waals surface area (Å²) in [7, 11) is 0. The lowest BCUT2D eigenvalue weighted by molar-refractivity contribution is 0.277. The highest BCUT2D eigenvalue weighted by Crippen LogP contribution is 2.25. The van der Waals surface area contributed by atoms with Crippen LogP contribution in [0.2, 0.25) is 0 Å². The van der Waals surface area contributed by atoms with Crippen LogP contribution in [0.15, 0.2) is 40.9 Å². The highest BCUT2D eigenvalue weighted by Gasteiger charge is 2.11. The lowest BCUT2D eigenvalue weighted by Crippen LogP contribution is -2.04. The molecule has 0 radical (unpaired) electrons. The summed E-state index contributed by atoms with van der Waals surface area (Å²) in [6.45, 7) is -0.223. The Morgan fingerprint density at radius 1 is 1.10 bits per heavy atom. The Bertz CT molecular complexity index is 582. The number of benzene rings is 2. The minimum absolute atomic E-state index is 0.0269. The maximum atomic E-state index is 13.5. The molecule has 5 heteroatoms. The zero-order valence-electron chi connectivity index (χ0n) is 10.6. The van der Waals surface area contributed by atoms with Crippen molar-refractivity contribution in [2.75, 3.05) is 6.61 Å². The zero-order valence-corrected chi connectivity index (χ0v) is 12.2. The summed E-state index contributed by atoms with van der Waals surface area (Å²) in [5.74, 6) is -0.762. The van der Waals surface area contributed by atoms with Crippen molar-refractivity contribution >= 4 is 15.9 Å². The van der Waals surface area contributed by atoms with Crippen LogP contribution in [-0.2, 0) is 13.0 Å². The summed E-state index contributed by atoms with van der Waals surface area (Å²) >= 11 is 3.33. The van der Waals surface area contributed by atoms with E-state index in [1.54, 1.807) is 12.1 Å². The van der Waals surface area contributed by atoms with E-state index in [-0.39, 0.29) is 18.8 Å². The molecule has 0 spiro atoms. The minimum Gasteiger partial charge on any atom is -0.488 e. The van der Waals surface area contributed by atoms with Crippen molar-refractivity contribution in [3.05, 3.63) is 63.6 Å². The van der Waals surface area contributed by atoms with Crippen molar-refractivity contribution in [2.45, 2.75) is 13.0 Å². The van der Waals surface area contributed by atoms with Gasteiger partial charge in [-0.15, -0.1) is 0 Å². The zero-order chi connectivity index (χ0) is 14.5. The van der Waals surface area contributed by atoms with Gasteiger partial charge in [0.25, 0.3) is 0 Å². The van der Waals surface area contributed by atoms with E-state index in [9.17, 15) is 8.78 Å². The van der Waals surface area contributed by atoms with E-state index in [4.69, 9.17) is 9.84 Å².